The summed E-state index contributed by atoms with van der Waals surface area (Å²) in [7, 11) is 0. The number of nitrogens with zero attached hydrogens (tertiary/aromatic N) is 1. The second kappa shape index (κ2) is 8.24. The van der Waals surface area contributed by atoms with Gasteiger partial charge in [-0.15, -0.1) is 11.3 Å². The molecule has 146 valence electrons. The number of carbonyl (C=O) groups is 2. The highest BCUT2D eigenvalue weighted by Gasteiger charge is 2.15. The molecule has 0 atom stereocenters. The molecule has 3 N–H and O–H groups in total. The van der Waals surface area contributed by atoms with Crippen LogP contribution in [0.1, 0.15) is 20.8 Å². The summed E-state index contributed by atoms with van der Waals surface area (Å²) in [5, 5.41) is 13.3. The molecule has 0 aliphatic heterocycles. The summed E-state index contributed by atoms with van der Waals surface area (Å²) in [6.07, 6.45) is 0.235. The maximum atomic E-state index is 13.0. The van der Waals surface area contributed by atoms with Crippen LogP contribution in [-0.4, -0.2) is 22.0 Å². The molecule has 0 saturated heterocycles. The second-order valence-electron chi connectivity index (χ2n) is 6.43. The lowest BCUT2D eigenvalue weighted by molar-refractivity contribution is -0.120. The van der Waals surface area contributed by atoms with E-state index >= 15 is 0 Å². The summed E-state index contributed by atoms with van der Waals surface area (Å²) >= 11 is 1.39. The van der Waals surface area contributed by atoms with Crippen molar-refractivity contribution in [1.82, 2.24) is 15.5 Å². The van der Waals surface area contributed by atoms with E-state index in [1.807, 2.05) is 36.4 Å². The number of halogens is 1. The van der Waals surface area contributed by atoms with Crippen LogP contribution in [0, 0.1) is 5.82 Å². The van der Waals surface area contributed by atoms with Crippen LogP contribution >= 0.6 is 11.3 Å². The quantitative estimate of drug-likeness (QED) is 0.453. The Kier molecular flexibility index (Phi) is 5.35. The van der Waals surface area contributed by atoms with E-state index in [2.05, 4.69) is 20.8 Å². The third kappa shape index (κ3) is 4.49. The zero-order valence-corrected chi connectivity index (χ0v) is 16.1. The number of carbonyl (C=O) groups excluding carboxylic acids is 2. The van der Waals surface area contributed by atoms with E-state index in [0.29, 0.717) is 22.8 Å². The van der Waals surface area contributed by atoms with Gasteiger partial charge in [-0.3, -0.25) is 14.7 Å². The Morgan fingerprint density at radius 1 is 1.07 bits per heavy atom. The van der Waals surface area contributed by atoms with Gasteiger partial charge in [0.15, 0.2) is 0 Å². The zero-order chi connectivity index (χ0) is 20.2. The minimum atomic E-state index is -0.404. The molecule has 2 aromatic carbocycles. The SMILES string of the molecule is O=C(Cc1cc2c(NC(=O)c3ccc(F)cc3)[nH]nc2s1)NCc1ccccc1. The van der Waals surface area contributed by atoms with E-state index in [1.54, 1.807) is 0 Å². The van der Waals surface area contributed by atoms with Gasteiger partial charge in [0.25, 0.3) is 5.91 Å². The molecule has 4 rings (SSSR count). The molecule has 2 amide bonds. The van der Waals surface area contributed by atoms with Crippen LogP contribution in [0.5, 0.6) is 0 Å². The standard InChI is InChI=1S/C21H17FN4O2S/c22-15-8-6-14(7-9-15)20(28)24-19-17-10-16(29-21(17)26-25-19)11-18(27)23-12-13-4-2-1-3-5-13/h1-10H,11-12H2,(H,23,27)(H2,24,25,26,28). The Labute approximate surface area is 169 Å². The first kappa shape index (κ1) is 18.8. The van der Waals surface area contributed by atoms with E-state index in [4.69, 9.17) is 0 Å². The molecule has 2 aromatic heterocycles. The number of hydrogen-bond donors (Lipinski definition) is 3. The average Bonchev–Trinajstić information content (AvgIpc) is 3.29. The number of hydrogen-bond acceptors (Lipinski definition) is 4. The molecule has 0 aliphatic rings. The van der Waals surface area contributed by atoms with Gasteiger partial charge in [-0.1, -0.05) is 30.3 Å². The molecule has 8 heteroatoms. The Bertz CT molecular complexity index is 1150. The van der Waals surface area contributed by atoms with Crippen molar-refractivity contribution in [2.75, 3.05) is 5.32 Å². The highest BCUT2D eigenvalue weighted by atomic mass is 32.1. The van der Waals surface area contributed by atoms with Crippen molar-refractivity contribution >= 4 is 39.2 Å². The number of fused-ring (bicyclic) bond motifs is 1. The summed E-state index contributed by atoms with van der Waals surface area (Å²) in [5.74, 6) is -0.414. The summed E-state index contributed by atoms with van der Waals surface area (Å²) in [6.45, 7) is 0.474. The Morgan fingerprint density at radius 3 is 2.59 bits per heavy atom. The van der Waals surface area contributed by atoms with E-state index in [0.717, 1.165) is 15.8 Å². The fourth-order valence-electron chi connectivity index (χ4n) is 2.85. The number of amides is 2. The lowest BCUT2D eigenvalue weighted by atomic mass is 10.2. The topological polar surface area (TPSA) is 86.9 Å². The van der Waals surface area contributed by atoms with Crippen LogP contribution in [0.15, 0.2) is 60.7 Å². The molecule has 0 spiro atoms. The van der Waals surface area contributed by atoms with Gasteiger partial charge in [0.1, 0.15) is 16.5 Å². The predicted octanol–water partition coefficient (Wildman–Crippen LogP) is 3.87. The van der Waals surface area contributed by atoms with Gasteiger partial charge in [0.05, 0.1) is 11.8 Å². The number of nitrogens with one attached hydrogen (secondary N) is 3. The van der Waals surface area contributed by atoms with Crippen LogP contribution in [0.2, 0.25) is 0 Å². The van der Waals surface area contributed by atoms with Gasteiger partial charge in [-0.2, -0.15) is 5.10 Å². The zero-order valence-electron chi connectivity index (χ0n) is 15.2. The highest BCUT2D eigenvalue weighted by Crippen LogP contribution is 2.29. The molecule has 29 heavy (non-hydrogen) atoms. The molecular formula is C21H17FN4O2S. The minimum absolute atomic E-state index is 0.0846. The van der Waals surface area contributed by atoms with E-state index in [-0.39, 0.29) is 18.2 Å². The first-order valence-corrected chi connectivity index (χ1v) is 9.74. The largest absolute Gasteiger partial charge is 0.352 e. The second-order valence-corrected chi connectivity index (χ2v) is 7.55. The molecule has 0 unspecified atom stereocenters. The summed E-state index contributed by atoms with van der Waals surface area (Å²) in [4.78, 5) is 26.1. The van der Waals surface area contributed by atoms with Gasteiger partial charge >= 0.3 is 0 Å². The third-order valence-electron chi connectivity index (χ3n) is 4.31. The molecule has 0 bridgehead atoms. The predicted molar refractivity (Wildman–Crippen MR) is 110 cm³/mol. The number of H-pyrrole nitrogens is 1. The lowest BCUT2D eigenvalue weighted by Crippen LogP contribution is -2.24. The number of aromatic nitrogens is 2. The number of anilines is 1. The van der Waals surface area contributed by atoms with E-state index in [9.17, 15) is 14.0 Å². The first-order valence-electron chi connectivity index (χ1n) is 8.93. The highest BCUT2D eigenvalue weighted by molar-refractivity contribution is 7.18. The third-order valence-corrected chi connectivity index (χ3v) is 5.34. The van der Waals surface area contributed by atoms with Gasteiger partial charge in [-0.25, -0.2) is 4.39 Å². The van der Waals surface area contributed by atoms with Gasteiger partial charge in [0.2, 0.25) is 5.91 Å². The monoisotopic (exact) mass is 408 g/mol. The Balaban J connectivity index is 1.41. The molecule has 0 fully saturated rings. The summed E-state index contributed by atoms with van der Waals surface area (Å²) < 4.78 is 13.0. The molecule has 4 aromatic rings. The van der Waals surface area contributed by atoms with Gasteiger partial charge in [0, 0.05) is 17.0 Å². The Morgan fingerprint density at radius 2 is 1.83 bits per heavy atom. The summed E-state index contributed by atoms with van der Waals surface area (Å²) in [5.41, 5.74) is 1.37. The number of rotatable bonds is 6. The first-order chi connectivity index (χ1) is 14.1. The van der Waals surface area contributed by atoms with Crippen molar-refractivity contribution in [2.24, 2.45) is 0 Å². The van der Waals surface area contributed by atoms with Gasteiger partial charge in [-0.05, 0) is 35.9 Å². The van der Waals surface area contributed by atoms with Crippen molar-refractivity contribution in [3.8, 4) is 0 Å². The van der Waals surface area contributed by atoms with Crippen molar-refractivity contribution in [2.45, 2.75) is 13.0 Å². The fourth-order valence-corrected chi connectivity index (χ4v) is 3.84. The van der Waals surface area contributed by atoms with Crippen molar-refractivity contribution < 1.29 is 14.0 Å². The van der Waals surface area contributed by atoms with E-state index < -0.39 is 5.82 Å². The maximum absolute atomic E-state index is 13.0. The van der Waals surface area contributed by atoms with E-state index in [1.165, 1.54) is 35.6 Å². The normalized spacial score (nSPS) is 10.8. The van der Waals surface area contributed by atoms with Crippen molar-refractivity contribution in [3.05, 3.63) is 82.5 Å². The fraction of sp³-hybridized carbons (Fsp3) is 0.0952. The number of thiophene rings is 1. The smallest absolute Gasteiger partial charge is 0.256 e. The summed E-state index contributed by atoms with van der Waals surface area (Å²) in [6, 6.07) is 16.8. The Hall–Kier alpha value is -3.52. The lowest BCUT2D eigenvalue weighted by Gasteiger charge is -2.04. The van der Waals surface area contributed by atoms with Crippen molar-refractivity contribution in [1.29, 1.82) is 0 Å². The molecule has 0 radical (unpaired) electrons. The minimum Gasteiger partial charge on any atom is -0.352 e. The molecule has 0 saturated carbocycles. The maximum Gasteiger partial charge on any atom is 0.256 e. The number of aromatic amines is 1. The molecule has 2 heterocycles. The molecular weight excluding hydrogens is 391 g/mol. The molecule has 6 nitrogen and oxygen atoms in total. The van der Waals surface area contributed by atoms with Crippen LogP contribution in [0.4, 0.5) is 10.2 Å². The number of benzene rings is 2. The van der Waals surface area contributed by atoms with Crippen LogP contribution in [0.25, 0.3) is 10.2 Å². The van der Waals surface area contributed by atoms with Crippen molar-refractivity contribution in [3.63, 3.8) is 0 Å². The van der Waals surface area contributed by atoms with Crippen LogP contribution < -0.4 is 10.6 Å². The van der Waals surface area contributed by atoms with Crippen LogP contribution in [-0.2, 0) is 17.8 Å². The van der Waals surface area contributed by atoms with Crippen LogP contribution in [0.3, 0.4) is 0 Å². The average molecular weight is 408 g/mol. The molecule has 0 aliphatic carbocycles. The van der Waals surface area contributed by atoms with Gasteiger partial charge < -0.3 is 10.6 Å².